The third-order valence-corrected chi connectivity index (χ3v) is 5.25. The summed E-state index contributed by atoms with van der Waals surface area (Å²) in [6, 6.07) is 7.23. The van der Waals surface area contributed by atoms with E-state index in [1.54, 1.807) is 17.0 Å². The Kier molecular flexibility index (Phi) is 6.14. The molecule has 1 aromatic heterocycles. The van der Waals surface area contributed by atoms with E-state index >= 15 is 0 Å². The Hall–Kier alpha value is -3.29. The van der Waals surface area contributed by atoms with E-state index in [0.717, 1.165) is 0 Å². The van der Waals surface area contributed by atoms with Crippen molar-refractivity contribution in [2.24, 2.45) is 5.92 Å². The molecule has 1 atom stereocenters. The molecule has 0 aliphatic carbocycles. The van der Waals surface area contributed by atoms with Crippen LogP contribution in [0.3, 0.4) is 0 Å². The predicted octanol–water partition coefficient (Wildman–Crippen LogP) is 2.33. The van der Waals surface area contributed by atoms with E-state index in [1.165, 1.54) is 30.1 Å². The van der Waals surface area contributed by atoms with Gasteiger partial charge in [-0.05, 0) is 37.6 Å². The summed E-state index contributed by atoms with van der Waals surface area (Å²) in [5.74, 6) is -4.20. The van der Waals surface area contributed by atoms with Crippen LogP contribution in [0, 0.1) is 11.7 Å². The maximum atomic E-state index is 13.2. The average Bonchev–Trinajstić information content (AvgIpc) is 3.26. The van der Waals surface area contributed by atoms with Gasteiger partial charge in [-0.1, -0.05) is 12.1 Å². The molecule has 1 fully saturated rings. The zero-order valence-corrected chi connectivity index (χ0v) is 17.1. The van der Waals surface area contributed by atoms with Crippen molar-refractivity contribution in [2.75, 3.05) is 26.7 Å². The maximum absolute atomic E-state index is 13.2. The van der Waals surface area contributed by atoms with E-state index < -0.39 is 29.2 Å². The quantitative estimate of drug-likeness (QED) is 0.394. The predicted molar refractivity (Wildman–Crippen MR) is 106 cm³/mol. The number of ketones is 2. The van der Waals surface area contributed by atoms with E-state index in [9.17, 15) is 23.6 Å². The molecule has 7 nitrogen and oxygen atoms in total. The molecule has 0 bridgehead atoms. The monoisotopic (exact) mass is 414 g/mol. The van der Waals surface area contributed by atoms with Crippen molar-refractivity contribution in [3.8, 4) is 0 Å². The van der Waals surface area contributed by atoms with Crippen molar-refractivity contribution in [1.82, 2.24) is 9.80 Å². The summed E-state index contributed by atoms with van der Waals surface area (Å²) in [7, 11) is 1.45. The minimum absolute atomic E-state index is 0.00992. The number of carbonyl (C=O) groups excluding carboxylic acids is 4. The summed E-state index contributed by atoms with van der Waals surface area (Å²) < 4.78 is 18.9. The summed E-state index contributed by atoms with van der Waals surface area (Å²) in [6.45, 7) is 4.55. The number of rotatable bonds is 7. The maximum Gasteiger partial charge on any atom is 0.290 e. The molecule has 0 spiro atoms. The highest BCUT2D eigenvalue weighted by molar-refractivity contribution is 6.43. The molecule has 0 radical (unpaired) electrons. The number of nitrogens with zero attached hydrogens (tertiary/aromatic N) is 2. The SMILES string of the molecule is CCN(CC)C(=O)c1cc(Cc2ccc(F)cc2)c(C(=O)C2CN(C)C(=O)C2=O)o1. The third kappa shape index (κ3) is 4.03. The van der Waals surface area contributed by atoms with Crippen molar-refractivity contribution in [3.63, 3.8) is 0 Å². The number of likely N-dealkylation sites (N-methyl/N-ethyl adjacent to an activating group) is 1. The van der Waals surface area contributed by atoms with Crippen LogP contribution >= 0.6 is 0 Å². The molecule has 1 saturated heterocycles. The van der Waals surface area contributed by atoms with Crippen molar-refractivity contribution >= 4 is 23.4 Å². The number of benzene rings is 1. The van der Waals surface area contributed by atoms with Gasteiger partial charge < -0.3 is 14.2 Å². The van der Waals surface area contributed by atoms with Gasteiger partial charge in [0, 0.05) is 38.7 Å². The Bertz CT molecular complexity index is 991. The van der Waals surface area contributed by atoms with Crippen LogP contribution in [0.25, 0.3) is 0 Å². The summed E-state index contributed by atoms with van der Waals surface area (Å²) in [4.78, 5) is 52.6. The normalized spacial score (nSPS) is 16.3. The standard InChI is InChI=1S/C22H23FN2O5/c1-4-25(5-2)21(28)17-11-14(10-13-6-8-15(23)9-7-13)20(30-17)18(26)16-12-24(3)22(29)19(16)27/h6-9,11,16H,4-5,10,12H2,1-3H3. The van der Waals surface area contributed by atoms with E-state index in [2.05, 4.69) is 0 Å². The van der Waals surface area contributed by atoms with Crippen LogP contribution in [0.15, 0.2) is 34.7 Å². The molecule has 158 valence electrons. The van der Waals surface area contributed by atoms with Gasteiger partial charge >= 0.3 is 0 Å². The molecule has 2 heterocycles. The zero-order valence-electron chi connectivity index (χ0n) is 17.1. The first kappa shape index (κ1) is 21.4. The van der Waals surface area contributed by atoms with E-state index in [0.29, 0.717) is 24.2 Å². The second-order valence-corrected chi connectivity index (χ2v) is 7.21. The number of hydrogen-bond donors (Lipinski definition) is 0. The Morgan fingerprint density at radius 3 is 2.33 bits per heavy atom. The van der Waals surface area contributed by atoms with Gasteiger partial charge in [-0.15, -0.1) is 0 Å². The lowest BCUT2D eigenvalue weighted by Crippen LogP contribution is -2.30. The summed E-state index contributed by atoms with van der Waals surface area (Å²) in [5, 5.41) is 0. The van der Waals surface area contributed by atoms with Crippen LogP contribution in [0.4, 0.5) is 4.39 Å². The molecule has 1 aliphatic heterocycles. The Balaban J connectivity index is 1.99. The number of Topliss-reactive ketones (excluding diaryl/α,β-unsaturated/α-hetero) is 2. The van der Waals surface area contributed by atoms with Gasteiger partial charge in [0.2, 0.25) is 11.6 Å². The molecule has 1 aromatic carbocycles. The average molecular weight is 414 g/mol. The van der Waals surface area contributed by atoms with E-state index in [-0.39, 0.29) is 30.4 Å². The smallest absolute Gasteiger partial charge is 0.290 e. The Morgan fingerprint density at radius 1 is 1.17 bits per heavy atom. The molecule has 0 saturated carbocycles. The van der Waals surface area contributed by atoms with Crippen LogP contribution in [0.1, 0.15) is 46.1 Å². The Labute approximate surface area is 173 Å². The second kappa shape index (κ2) is 8.61. The second-order valence-electron chi connectivity index (χ2n) is 7.21. The van der Waals surface area contributed by atoms with Gasteiger partial charge in [-0.3, -0.25) is 19.2 Å². The minimum atomic E-state index is -1.17. The number of amides is 2. The van der Waals surface area contributed by atoms with Gasteiger partial charge in [0.05, 0.1) is 0 Å². The van der Waals surface area contributed by atoms with Crippen molar-refractivity contribution in [1.29, 1.82) is 0 Å². The van der Waals surface area contributed by atoms with Crippen molar-refractivity contribution in [3.05, 3.63) is 58.8 Å². The van der Waals surface area contributed by atoms with Gasteiger partial charge in [-0.2, -0.15) is 0 Å². The van der Waals surface area contributed by atoms with Gasteiger partial charge in [0.15, 0.2) is 11.5 Å². The highest BCUT2D eigenvalue weighted by Crippen LogP contribution is 2.26. The van der Waals surface area contributed by atoms with Crippen LogP contribution in [0.5, 0.6) is 0 Å². The summed E-state index contributed by atoms with van der Waals surface area (Å²) >= 11 is 0. The minimum Gasteiger partial charge on any atom is -0.447 e. The number of hydrogen-bond acceptors (Lipinski definition) is 5. The molecule has 0 N–H and O–H groups in total. The lowest BCUT2D eigenvalue weighted by molar-refractivity contribution is -0.139. The number of furan rings is 1. The topological polar surface area (TPSA) is 87.9 Å². The molecular weight excluding hydrogens is 391 g/mol. The highest BCUT2D eigenvalue weighted by atomic mass is 19.1. The molecular formula is C22H23FN2O5. The lowest BCUT2D eigenvalue weighted by Gasteiger charge is -2.16. The molecule has 2 aromatic rings. The fourth-order valence-corrected chi connectivity index (χ4v) is 3.50. The first-order valence-electron chi connectivity index (χ1n) is 9.76. The van der Waals surface area contributed by atoms with Gasteiger partial charge in [-0.25, -0.2) is 4.39 Å². The van der Waals surface area contributed by atoms with E-state index in [1.807, 2.05) is 13.8 Å². The first-order chi connectivity index (χ1) is 14.3. The fraction of sp³-hybridized carbons (Fsp3) is 0.364. The molecule has 3 rings (SSSR count). The lowest BCUT2D eigenvalue weighted by atomic mass is 9.95. The van der Waals surface area contributed by atoms with Gasteiger partial charge in [0.25, 0.3) is 11.8 Å². The van der Waals surface area contributed by atoms with Crippen LogP contribution in [-0.4, -0.2) is 59.9 Å². The molecule has 2 amide bonds. The number of carbonyl (C=O) groups is 4. The van der Waals surface area contributed by atoms with Gasteiger partial charge in [0.1, 0.15) is 11.7 Å². The van der Waals surface area contributed by atoms with Crippen molar-refractivity contribution in [2.45, 2.75) is 20.3 Å². The van der Waals surface area contributed by atoms with Crippen LogP contribution < -0.4 is 0 Å². The molecule has 1 unspecified atom stereocenters. The zero-order chi connectivity index (χ0) is 22.0. The largest absolute Gasteiger partial charge is 0.447 e. The Morgan fingerprint density at radius 2 is 1.80 bits per heavy atom. The summed E-state index contributed by atoms with van der Waals surface area (Å²) in [5.41, 5.74) is 1.12. The first-order valence-corrected chi connectivity index (χ1v) is 9.76. The highest BCUT2D eigenvalue weighted by Gasteiger charge is 2.43. The van der Waals surface area contributed by atoms with Crippen molar-refractivity contribution < 1.29 is 28.0 Å². The number of likely N-dealkylation sites (tertiary alicyclic amines) is 1. The number of halogens is 1. The van der Waals surface area contributed by atoms with Crippen LogP contribution in [-0.2, 0) is 16.0 Å². The van der Waals surface area contributed by atoms with E-state index in [4.69, 9.17) is 4.42 Å². The fourth-order valence-electron chi connectivity index (χ4n) is 3.50. The van der Waals surface area contributed by atoms with Crippen LogP contribution in [0.2, 0.25) is 0 Å². The summed E-state index contributed by atoms with van der Waals surface area (Å²) in [6.07, 6.45) is 0.209. The third-order valence-electron chi connectivity index (χ3n) is 5.25. The molecule has 30 heavy (non-hydrogen) atoms. The molecule has 1 aliphatic rings. The molecule has 8 heteroatoms.